The summed E-state index contributed by atoms with van der Waals surface area (Å²) in [6.07, 6.45) is 0. The first-order valence-electron chi connectivity index (χ1n) is 4.60. The number of hydrogen-bond donors (Lipinski definition) is 1. The number of nitrogens with two attached hydrogens (primary N) is 1. The fourth-order valence-corrected chi connectivity index (χ4v) is 1.72. The molecule has 2 N–H and O–H groups in total. The largest absolute Gasteiger partial charge is 0.326 e. The van der Waals surface area contributed by atoms with Gasteiger partial charge >= 0.3 is 0 Å². The van der Waals surface area contributed by atoms with E-state index in [1.165, 1.54) is 5.56 Å². The van der Waals surface area contributed by atoms with E-state index in [1.807, 2.05) is 25.1 Å². The summed E-state index contributed by atoms with van der Waals surface area (Å²) >= 11 is 0. The van der Waals surface area contributed by atoms with Crippen LogP contribution in [0.2, 0.25) is 0 Å². The van der Waals surface area contributed by atoms with Gasteiger partial charge in [-0.15, -0.1) is 0 Å². The van der Waals surface area contributed by atoms with Crippen molar-refractivity contribution in [3.63, 3.8) is 0 Å². The van der Waals surface area contributed by atoms with Crippen molar-refractivity contribution in [2.45, 2.75) is 19.0 Å². The van der Waals surface area contributed by atoms with Crippen LogP contribution in [0.3, 0.4) is 0 Å². The third-order valence-electron chi connectivity index (χ3n) is 2.20. The Bertz CT molecular complexity index is 234. The maximum Gasteiger partial charge on any atom is 0.0491 e. The Morgan fingerprint density at radius 3 is 2.08 bits per heavy atom. The lowest BCUT2D eigenvalue weighted by Gasteiger charge is -2.28. The normalized spacial score (nSPS) is 15.8. The summed E-state index contributed by atoms with van der Waals surface area (Å²) in [6.45, 7) is 2.04. The van der Waals surface area contributed by atoms with Crippen LogP contribution in [-0.2, 0) is 0 Å². The standard InChI is InChI=1S/C11H18N2/c1-9(12)11(13(2)3)10-7-5-4-6-8-10/h4-9,11H,12H2,1-3H3/t9-,11-/m1/s1. The molecule has 1 rings (SSSR count). The Labute approximate surface area is 80.4 Å². The Hall–Kier alpha value is -0.860. The zero-order chi connectivity index (χ0) is 9.84. The Morgan fingerprint density at radius 1 is 1.15 bits per heavy atom. The van der Waals surface area contributed by atoms with Crippen molar-refractivity contribution in [1.29, 1.82) is 0 Å². The minimum Gasteiger partial charge on any atom is -0.326 e. The molecule has 0 unspecified atom stereocenters. The second-order valence-corrected chi connectivity index (χ2v) is 3.68. The highest BCUT2D eigenvalue weighted by Gasteiger charge is 2.17. The van der Waals surface area contributed by atoms with E-state index in [0.29, 0.717) is 6.04 Å². The molecule has 0 fully saturated rings. The summed E-state index contributed by atoms with van der Waals surface area (Å²) in [5.74, 6) is 0. The summed E-state index contributed by atoms with van der Waals surface area (Å²) < 4.78 is 0. The van der Waals surface area contributed by atoms with Crippen LogP contribution in [0.15, 0.2) is 30.3 Å². The first-order valence-corrected chi connectivity index (χ1v) is 4.60. The third-order valence-corrected chi connectivity index (χ3v) is 2.20. The van der Waals surface area contributed by atoms with Crippen LogP contribution < -0.4 is 5.73 Å². The summed E-state index contributed by atoms with van der Waals surface area (Å²) in [7, 11) is 4.11. The molecule has 0 bridgehead atoms. The maximum atomic E-state index is 5.93. The van der Waals surface area contributed by atoms with Crippen LogP contribution in [0.25, 0.3) is 0 Å². The minimum atomic E-state index is 0.150. The molecule has 0 aliphatic carbocycles. The van der Waals surface area contributed by atoms with Crippen molar-refractivity contribution in [3.05, 3.63) is 35.9 Å². The van der Waals surface area contributed by atoms with Gasteiger partial charge in [0.2, 0.25) is 0 Å². The number of rotatable bonds is 3. The molecular formula is C11H18N2. The first kappa shape index (κ1) is 10.2. The van der Waals surface area contributed by atoms with Crippen LogP contribution >= 0.6 is 0 Å². The van der Waals surface area contributed by atoms with Crippen LogP contribution in [0.1, 0.15) is 18.5 Å². The molecule has 2 heteroatoms. The second kappa shape index (κ2) is 4.40. The lowest BCUT2D eigenvalue weighted by molar-refractivity contribution is 0.266. The Morgan fingerprint density at radius 2 is 1.69 bits per heavy atom. The fraction of sp³-hybridized carbons (Fsp3) is 0.455. The molecule has 1 aromatic rings. The van der Waals surface area contributed by atoms with Gasteiger partial charge in [0, 0.05) is 12.1 Å². The smallest absolute Gasteiger partial charge is 0.0491 e. The van der Waals surface area contributed by atoms with Crippen molar-refractivity contribution in [1.82, 2.24) is 4.90 Å². The predicted octanol–water partition coefficient (Wildman–Crippen LogP) is 1.64. The minimum absolute atomic E-state index is 0.150. The molecule has 0 radical (unpaired) electrons. The fourth-order valence-electron chi connectivity index (χ4n) is 1.72. The van der Waals surface area contributed by atoms with Crippen molar-refractivity contribution in [2.75, 3.05) is 14.1 Å². The number of benzene rings is 1. The maximum absolute atomic E-state index is 5.93. The predicted molar refractivity (Wildman–Crippen MR) is 56.5 cm³/mol. The average molecular weight is 178 g/mol. The second-order valence-electron chi connectivity index (χ2n) is 3.68. The van der Waals surface area contributed by atoms with Gasteiger partial charge in [-0.3, -0.25) is 0 Å². The van der Waals surface area contributed by atoms with Crippen molar-refractivity contribution in [3.8, 4) is 0 Å². The van der Waals surface area contributed by atoms with Gasteiger partial charge < -0.3 is 10.6 Å². The quantitative estimate of drug-likeness (QED) is 0.762. The van der Waals surface area contributed by atoms with Gasteiger partial charge in [0.25, 0.3) is 0 Å². The molecule has 0 aliphatic heterocycles. The van der Waals surface area contributed by atoms with E-state index >= 15 is 0 Å². The highest BCUT2D eigenvalue weighted by molar-refractivity contribution is 5.20. The van der Waals surface area contributed by atoms with E-state index < -0.39 is 0 Å². The summed E-state index contributed by atoms with van der Waals surface area (Å²) in [4.78, 5) is 2.15. The molecule has 0 saturated carbocycles. The molecule has 0 spiro atoms. The molecule has 0 heterocycles. The van der Waals surface area contributed by atoms with Crippen molar-refractivity contribution >= 4 is 0 Å². The van der Waals surface area contributed by atoms with E-state index in [4.69, 9.17) is 5.73 Å². The van der Waals surface area contributed by atoms with Gasteiger partial charge in [0.05, 0.1) is 0 Å². The monoisotopic (exact) mass is 178 g/mol. The number of likely N-dealkylation sites (N-methyl/N-ethyl adjacent to an activating group) is 1. The van der Waals surface area contributed by atoms with Gasteiger partial charge in [0.15, 0.2) is 0 Å². The molecule has 0 saturated heterocycles. The van der Waals surface area contributed by atoms with E-state index in [-0.39, 0.29) is 6.04 Å². The molecule has 2 atom stereocenters. The van der Waals surface area contributed by atoms with Crippen LogP contribution in [0, 0.1) is 0 Å². The topological polar surface area (TPSA) is 29.3 Å². The van der Waals surface area contributed by atoms with Crippen LogP contribution in [-0.4, -0.2) is 25.0 Å². The average Bonchev–Trinajstić information content (AvgIpc) is 2.04. The Balaban J connectivity index is 2.89. The van der Waals surface area contributed by atoms with Crippen LogP contribution in [0.4, 0.5) is 0 Å². The van der Waals surface area contributed by atoms with E-state index in [2.05, 4.69) is 31.1 Å². The molecule has 0 aromatic heterocycles. The molecule has 1 aromatic carbocycles. The zero-order valence-corrected chi connectivity index (χ0v) is 8.57. The van der Waals surface area contributed by atoms with Gasteiger partial charge in [-0.05, 0) is 26.6 Å². The molecule has 2 nitrogen and oxygen atoms in total. The van der Waals surface area contributed by atoms with E-state index in [0.717, 1.165) is 0 Å². The van der Waals surface area contributed by atoms with E-state index in [1.54, 1.807) is 0 Å². The lowest BCUT2D eigenvalue weighted by atomic mass is 10.0. The summed E-state index contributed by atoms with van der Waals surface area (Å²) in [6, 6.07) is 10.8. The molecule has 0 aliphatic rings. The van der Waals surface area contributed by atoms with Crippen molar-refractivity contribution < 1.29 is 0 Å². The van der Waals surface area contributed by atoms with Gasteiger partial charge in [-0.25, -0.2) is 0 Å². The highest BCUT2D eigenvalue weighted by atomic mass is 15.1. The van der Waals surface area contributed by atoms with Crippen molar-refractivity contribution in [2.24, 2.45) is 5.73 Å². The SMILES string of the molecule is C[C@@H](N)[C@H](c1ccccc1)N(C)C. The number of hydrogen-bond acceptors (Lipinski definition) is 2. The zero-order valence-electron chi connectivity index (χ0n) is 8.57. The highest BCUT2D eigenvalue weighted by Crippen LogP contribution is 2.19. The summed E-state index contributed by atoms with van der Waals surface area (Å²) in [5.41, 5.74) is 7.21. The van der Waals surface area contributed by atoms with Crippen LogP contribution in [0.5, 0.6) is 0 Å². The third kappa shape index (κ3) is 2.54. The molecular weight excluding hydrogens is 160 g/mol. The molecule has 72 valence electrons. The van der Waals surface area contributed by atoms with Gasteiger partial charge in [0.1, 0.15) is 0 Å². The van der Waals surface area contributed by atoms with E-state index in [9.17, 15) is 0 Å². The number of nitrogens with zero attached hydrogens (tertiary/aromatic N) is 1. The summed E-state index contributed by atoms with van der Waals surface area (Å²) in [5, 5.41) is 0. The van der Waals surface area contributed by atoms with Gasteiger partial charge in [-0.1, -0.05) is 30.3 Å². The molecule has 13 heavy (non-hydrogen) atoms. The van der Waals surface area contributed by atoms with Gasteiger partial charge in [-0.2, -0.15) is 0 Å². The lowest BCUT2D eigenvalue weighted by Crippen LogP contribution is -2.34. The first-order chi connectivity index (χ1) is 6.13. The molecule has 0 amide bonds. The Kier molecular flexibility index (Phi) is 3.46.